The van der Waals surface area contributed by atoms with E-state index in [0.717, 1.165) is 33.9 Å². The number of pyridine rings is 1. The molecule has 0 atom stereocenters. The third-order valence-corrected chi connectivity index (χ3v) is 4.65. The fourth-order valence-corrected chi connectivity index (χ4v) is 3.41. The molecule has 0 bridgehead atoms. The molecule has 1 fully saturated rings. The van der Waals surface area contributed by atoms with Crippen LogP contribution in [0.3, 0.4) is 0 Å². The van der Waals surface area contributed by atoms with Crippen LogP contribution >= 0.6 is 11.8 Å². The van der Waals surface area contributed by atoms with Gasteiger partial charge in [0.2, 0.25) is 0 Å². The molecule has 0 radical (unpaired) electrons. The van der Waals surface area contributed by atoms with Crippen LogP contribution in [0.2, 0.25) is 0 Å². The van der Waals surface area contributed by atoms with Crippen molar-refractivity contribution in [3.05, 3.63) is 71.0 Å². The highest BCUT2D eigenvalue weighted by Gasteiger charge is 2.25. The van der Waals surface area contributed by atoms with E-state index < -0.39 is 0 Å². The van der Waals surface area contributed by atoms with Crippen LogP contribution in [-0.2, 0) is 11.3 Å². The molecule has 1 aromatic carbocycles. The number of fused-ring (bicyclic) bond motifs is 1. The van der Waals surface area contributed by atoms with Gasteiger partial charge < -0.3 is 4.57 Å². The summed E-state index contributed by atoms with van der Waals surface area (Å²) >= 11 is 0.931. The minimum atomic E-state index is -0.338. The molecule has 2 aromatic heterocycles. The summed E-state index contributed by atoms with van der Waals surface area (Å²) in [6.07, 6.45) is 5.55. The van der Waals surface area contributed by atoms with Crippen molar-refractivity contribution in [1.29, 1.82) is 0 Å². The fraction of sp³-hybridized carbons (Fsp3) is 0.0556. The maximum Gasteiger partial charge on any atom is 0.290 e. The van der Waals surface area contributed by atoms with E-state index in [2.05, 4.69) is 14.9 Å². The molecule has 6 heteroatoms. The molecule has 0 unspecified atom stereocenters. The Morgan fingerprint density at radius 1 is 1.12 bits per heavy atom. The van der Waals surface area contributed by atoms with E-state index >= 15 is 0 Å². The molecule has 2 amide bonds. The molecule has 4 rings (SSSR count). The lowest BCUT2D eigenvalue weighted by Gasteiger charge is -2.06. The molecule has 5 nitrogen and oxygen atoms in total. The van der Waals surface area contributed by atoms with Crippen molar-refractivity contribution in [3.63, 3.8) is 0 Å². The van der Waals surface area contributed by atoms with Crippen molar-refractivity contribution in [2.75, 3.05) is 0 Å². The lowest BCUT2D eigenvalue weighted by Crippen LogP contribution is -2.17. The Kier molecular flexibility index (Phi) is 3.66. The van der Waals surface area contributed by atoms with Gasteiger partial charge in [0.1, 0.15) is 0 Å². The van der Waals surface area contributed by atoms with Crippen molar-refractivity contribution in [2.45, 2.75) is 6.54 Å². The molecule has 1 aliphatic rings. The van der Waals surface area contributed by atoms with E-state index in [9.17, 15) is 9.59 Å². The van der Waals surface area contributed by atoms with Gasteiger partial charge >= 0.3 is 0 Å². The molecule has 24 heavy (non-hydrogen) atoms. The monoisotopic (exact) mass is 335 g/mol. The van der Waals surface area contributed by atoms with Gasteiger partial charge in [-0.15, -0.1) is 0 Å². The molecule has 0 saturated carbocycles. The van der Waals surface area contributed by atoms with E-state index in [0.29, 0.717) is 11.4 Å². The van der Waals surface area contributed by atoms with Gasteiger partial charge in [0.15, 0.2) is 0 Å². The summed E-state index contributed by atoms with van der Waals surface area (Å²) in [4.78, 5) is 27.8. The largest absolute Gasteiger partial charge is 0.341 e. The van der Waals surface area contributed by atoms with Gasteiger partial charge in [-0.2, -0.15) is 0 Å². The number of hydrogen-bond acceptors (Lipinski definition) is 4. The summed E-state index contributed by atoms with van der Waals surface area (Å²) in [5, 5.41) is 2.98. The first-order valence-electron chi connectivity index (χ1n) is 7.43. The lowest BCUT2D eigenvalue weighted by molar-refractivity contribution is -0.115. The first kappa shape index (κ1) is 14.7. The molecule has 1 saturated heterocycles. The van der Waals surface area contributed by atoms with Gasteiger partial charge in [-0.25, -0.2) is 0 Å². The van der Waals surface area contributed by atoms with Gasteiger partial charge in [0.25, 0.3) is 11.1 Å². The predicted octanol–water partition coefficient (Wildman–Crippen LogP) is 3.41. The average molecular weight is 335 g/mol. The quantitative estimate of drug-likeness (QED) is 0.745. The van der Waals surface area contributed by atoms with E-state index in [1.54, 1.807) is 12.3 Å². The van der Waals surface area contributed by atoms with Gasteiger partial charge in [-0.3, -0.25) is 19.9 Å². The highest BCUT2D eigenvalue weighted by Crippen LogP contribution is 2.29. The number of hydrogen-bond donors (Lipinski definition) is 1. The summed E-state index contributed by atoms with van der Waals surface area (Å²) < 4.78 is 2.12. The number of nitrogens with one attached hydrogen (secondary N) is 1. The summed E-state index contributed by atoms with van der Waals surface area (Å²) in [6, 6.07) is 13.8. The molecule has 0 aliphatic carbocycles. The van der Waals surface area contributed by atoms with Crippen LogP contribution in [0.25, 0.3) is 17.0 Å². The number of carbonyl (C=O) groups excluding carboxylic acids is 2. The van der Waals surface area contributed by atoms with Gasteiger partial charge in [0.05, 0.1) is 17.1 Å². The first-order chi connectivity index (χ1) is 11.7. The van der Waals surface area contributed by atoms with E-state index in [-0.39, 0.29) is 11.1 Å². The van der Waals surface area contributed by atoms with Crippen molar-refractivity contribution in [3.8, 4) is 0 Å². The highest BCUT2D eigenvalue weighted by atomic mass is 32.2. The summed E-state index contributed by atoms with van der Waals surface area (Å²) in [5.74, 6) is -0.338. The second kappa shape index (κ2) is 5.98. The smallest absolute Gasteiger partial charge is 0.290 e. The van der Waals surface area contributed by atoms with E-state index in [4.69, 9.17) is 0 Å². The predicted molar refractivity (Wildman–Crippen MR) is 94.4 cm³/mol. The standard InChI is InChI=1S/C18H13N3O2S/c22-17-16(24-18(23)20-17)10-12-4-3-6-15-14(12)7-9-21(15)11-13-5-1-2-8-19-13/h1-10H,11H2,(H,20,22,23). The van der Waals surface area contributed by atoms with Crippen molar-refractivity contribution < 1.29 is 9.59 Å². The summed E-state index contributed by atoms with van der Waals surface area (Å²) in [6.45, 7) is 0.679. The molecule has 3 heterocycles. The van der Waals surface area contributed by atoms with Crippen LogP contribution in [0, 0.1) is 0 Å². The van der Waals surface area contributed by atoms with Crippen LogP contribution < -0.4 is 5.32 Å². The van der Waals surface area contributed by atoms with Crippen molar-refractivity contribution in [1.82, 2.24) is 14.9 Å². The van der Waals surface area contributed by atoms with Crippen LogP contribution in [0.5, 0.6) is 0 Å². The van der Waals surface area contributed by atoms with Crippen LogP contribution in [0.15, 0.2) is 59.8 Å². The lowest BCUT2D eigenvalue weighted by atomic mass is 10.1. The average Bonchev–Trinajstić information content (AvgIpc) is 3.13. The molecule has 1 aliphatic heterocycles. The second-order valence-corrected chi connectivity index (χ2v) is 6.41. The van der Waals surface area contributed by atoms with Crippen LogP contribution in [0.4, 0.5) is 4.79 Å². The summed E-state index contributed by atoms with van der Waals surface area (Å²) in [5.41, 5.74) is 2.96. The zero-order chi connectivity index (χ0) is 16.5. The number of carbonyl (C=O) groups is 2. The molecule has 0 spiro atoms. The molecule has 118 valence electrons. The number of rotatable bonds is 3. The third kappa shape index (κ3) is 2.72. The van der Waals surface area contributed by atoms with Gasteiger partial charge in [-0.05, 0) is 47.7 Å². The zero-order valence-corrected chi connectivity index (χ0v) is 13.4. The Morgan fingerprint density at radius 3 is 2.79 bits per heavy atom. The number of aromatic nitrogens is 2. The molecular weight excluding hydrogens is 322 g/mol. The van der Waals surface area contributed by atoms with Gasteiger partial charge in [-0.1, -0.05) is 18.2 Å². The second-order valence-electron chi connectivity index (χ2n) is 5.40. The Bertz CT molecular complexity index is 976. The normalized spacial score (nSPS) is 16.1. The maximum atomic E-state index is 11.7. The Hall–Kier alpha value is -2.86. The summed E-state index contributed by atoms with van der Waals surface area (Å²) in [7, 11) is 0. The Morgan fingerprint density at radius 2 is 2.04 bits per heavy atom. The van der Waals surface area contributed by atoms with Crippen LogP contribution in [0.1, 0.15) is 11.3 Å². The van der Waals surface area contributed by atoms with Crippen molar-refractivity contribution >= 4 is 39.9 Å². The number of benzene rings is 1. The number of nitrogens with zero attached hydrogens (tertiary/aromatic N) is 2. The molecular formula is C18H13N3O2S. The minimum Gasteiger partial charge on any atom is -0.341 e. The first-order valence-corrected chi connectivity index (χ1v) is 8.25. The topological polar surface area (TPSA) is 64.0 Å². The highest BCUT2D eigenvalue weighted by molar-refractivity contribution is 8.18. The van der Waals surface area contributed by atoms with Crippen molar-refractivity contribution in [2.24, 2.45) is 0 Å². The fourth-order valence-electron chi connectivity index (χ4n) is 2.74. The number of amides is 2. The molecule has 3 aromatic rings. The third-order valence-electron chi connectivity index (χ3n) is 3.83. The Balaban J connectivity index is 1.73. The number of imide groups is 1. The van der Waals surface area contributed by atoms with E-state index in [1.165, 1.54) is 0 Å². The maximum absolute atomic E-state index is 11.7. The SMILES string of the molecule is O=C1NC(=O)C(=Cc2cccc3c2ccn3Cc2ccccn2)S1. The van der Waals surface area contributed by atoms with E-state index in [1.807, 2.05) is 48.7 Å². The minimum absolute atomic E-state index is 0.328. The zero-order valence-electron chi connectivity index (χ0n) is 12.6. The van der Waals surface area contributed by atoms with Crippen LogP contribution in [-0.4, -0.2) is 20.7 Å². The molecule has 1 N–H and O–H groups in total. The number of thioether (sulfide) groups is 1. The Labute approximate surface area is 142 Å². The van der Waals surface area contributed by atoms with Gasteiger partial charge in [0, 0.05) is 23.3 Å².